The first-order valence-corrected chi connectivity index (χ1v) is 16.8. The van der Waals surface area contributed by atoms with Crippen molar-refractivity contribution in [1.29, 1.82) is 0 Å². The maximum absolute atomic E-state index is 7.74. The SMILES string of the molecule is CCCCCCCCC(CC)CCC(Cl)(c1ccc(Cc2ccc(N)cc2)cc1)c1ccc(Cc2ccc(N)cc2)cc1. The number of unbranched alkanes of at least 4 members (excludes halogenated alkanes) is 5. The zero-order valence-electron chi connectivity index (χ0n) is 26.3. The van der Waals surface area contributed by atoms with Crippen LogP contribution in [0.4, 0.5) is 11.4 Å². The molecule has 0 bridgehead atoms. The Kier molecular flexibility index (Phi) is 12.6. The summed E-state index contributed by atoms with van der Waals surface area (Å²) >= 11 is 7.74. The summed E-state index contributed by atoms with van der Waals surface area (Å²) in [4.78, 5) is -0.562. The number of hydrogen-bond acceptors (Lipinski definition) is 2. The molecule has 0 radical (unpaired) electrons. The monoisotopic (exact) mass is 594 g/mol. The Labute approximate surface area is 265 Å². The Bertz CT molecular complexity index is 1250. The fourth-order valence-corrected chi connectivity index (χ4v) is 6.50. The summed E-state index contributed by atoms with van der Waals surface area (Å²) in [5.41, 5.74) is 20.8. The number of halogens is 1. The van der Waals surface area contributed by atoms with Crippen molar-refractivity contribution in [3.63, 3.8) is 0 Å². The van der Waals surface area contributed by atoms with Gasteiger partial charge in [-0.2, -0.15) is 0 Å². The zero-order valence-corrected chi connectivity index (χ0v) is 27.1. The number of nitrogens with two attached hydrogens (primary N) is 2. The van der Waals surface area contributed by atoms with Crippen molar-refractivity contribution in [3.05, 3.63) is 130 Å². The highest BCUT2D eigenvalue weighted by Gasteiger charge is 2.32. The molecule has 0 spiro atoms. The smallest absolute Gasteiger partial charge is 0.0944 e. The molecule has 4 N–H and O–H groups in total. The Morgan fingerprint density at radius 1 is 0.535 bits per heavy atom. The van der Waals surface area contributed by atoms with Gasteiger partial charge in [-0.1, -0.05) is 138 Å². The highest BCUT2D eigenvalue weighted by Crippen LogP contribution is 2.43. The van der Waals surface area contributed by atoms with E-state index in [9.17, 15) is 0 Å². The predicted octanol–water partition coefficient (Wildman–Crippen LogP) is 11.1. The summed E-state index contributed by atoms with van der Waals surface area (Å²) in [5, 5.41) is 0. The van der Waals surface area contributed by atoms with Gasteiger partial charge < -0.3 is 11.5 Å². The van der Waals surface area contributed by atoms with E-state index < -0.39 is 4.87 Å². The molecule has 0 aromatic heterocycles. The molecule has 2 nitrogen and oxygen atoms in total. The lowest BCUT2D eigenvalue weighted by atomic mass is 9.81. The van der Waals surface area contributed by atoms with Crippen molar-refractivity contribution in [2.45, 2.75) is 95.8 Å². The number of alkyl halides is 1. The second kappa shape index (κ2) is 16.6. The third-order valence-corrected chi connectivity index (χ3v) is 9.66. The normalized spacial score (nSPS) is 12.3. The van der Waals surface area contributed by atoms with Gasteiger partial charge in [0.2, 0.25) is 0 Å². The second-order valence-electron chi connectivity index (χ2n) is 12.4. The molecule has 0 aliphatic carbocycles. The van der Waals surface area contributed by atoms with Crippen molar-refractivity contribution in [3.8, 4) is 0 Å². The molecule has 0 saturated carbocycles. The molecule has 228 valence electrons. The van der Waals surface area contributed by atoms with E-state index in [-0.39, 0.29) is 0 Å². The van der Waals surface area contributed by atoms with Crippen molar-refractivity contribution in [1.82, 2.24) is 0 Å². The van der Waals surface area contributed by atoms with Crippen LogP contribution in [0.3, 0.4) is 0 Å². The second-order valence-corrected chi connectivity index (χ2v) is 13.0. The lowest BCUT2D eigenvalue weighted by Crippen LogP contribution is -2.22. The molecule has 0 heterocycles. The average Bonchev–Trinajstić information content (AvgIpc) is 3.03. The summed E-state index contributed by atoms with van der Waals surface area (Å²) in [7, 11) is 0. The van der Waals surface area contributed by atoms with Gasteiger partial charge in [0.15, 0.2) is 0 Å². The summed E-state index contributed by atoms with van der Waals surface area (Å²) < 4.78 is 0. The molecule has 1 unspecified atom stereocenters. The highest BCUT2D eigenvalue weighted by atomic mass is 35.5. The molecule has 43 heavy (non-hydrogen) atoms. The maximum Gasteiger partial charge on any atom is 0.0944 e. The Hall–Kier alpha value is -3.23. The highest BCUT2D eigenvalue weighted by molar-refractivity contribution is 6.26. The fraction of sp³-hybridized carbons (Fsp3) is 0.400. The van der Waals surface area contributed by atoms with E-state index in [1.807, 2.05) is 24.3 Å². The molecular formula is C40H51ClN2. The van der Waals surface area contributed by atoms with Gasteiger partial charge in [0.1, 0.15) is 0 Å². The van der Waals surface area contributed by atoms with E-state index in [0.29, 0.717) is 5.92 Å². The summed E-state index contributed by atoms with van der Waals surface area (Å²) in [6.45, 7) is 4.63. The molecular weight excluding hydrogens is 544 g/mol. The van der Waals surface area contributed by atoms with Gasteiger partial charge in [0, 0.05) is 11.4 Å². The van der Waals surface area contributed by atoms with Crippen LogP contribution in [0.25, 0.3) is 0 Å². The van der Waals surface area contributed by atoms with Gasteiger partial charge in [0.05, 0.1) is 4.87 Å². The minimum absolute atomic E-state index is 0.562. The van der Waals surface area contributed by atoms with Crippen LogP contribution in [-0.2, 0) is 17.7 Å². The van der Waals surface area contributed by atoms with Gasteiger partial charge in [-0.15, -0.1) is 11.6 Å². The molecule has 4 aromatic rings. The van der Waals surface area contributed by atoms with Crippen molar-refractivity contribution < 1.29 is 0 Å². The van der Waals surface area contributed by atoms with Crippen LogP contribution < -0.4 is 11.5 Å². The van der Waals surface area contributed by atoms with Gasteiger partial charge in [-0.25, -0.2) is 0 Å². The van der Waals surface area contributed by atoms with E-state index in [4.69, 9.17) is 23.1 Å². The van der Waals surface area contributed by atoms with Gasteiger partial charge in [-0.3, -0.25) is 0 Å². The summed E-state index contributed by atoms with van der Waals surface area (Å²) in [6.07, 6.45) is 14.4. The van der Waals surface area contributed by atoms with E-state index in [0.717, 1.165) is 37.1 Å². The standard InChI is InChI=1S/C40H51ClN2/c1-3-5-6-7-8-9-10-31(4-2)27-28-40(41,36-19-11-32(12-20-36)29-34-15-23-38(42)24-16-34)37-21-13-33(14-22-37)30-35-17-25-39(43)26-18-35/h11-26,31H,3-10,27-30,42-43H2,1-2H3. The van der Waals surface area contributed by atoms with Crippen LogP contribution in [-0.4, -0.2) is 0 Å². The number of hydrogen-bond donors (Lipinski definition) is 2. The number of rotatable bonds is 17. The lowest BCUT2D eigenvalue weighted by Gasteiger charge is -2.31. The molecule has 4 aromatic carbocycles. The third-order valence-electron chi connectivity index (χ3n) is 9.04. The van der Waals surface area contributed by atoms with Crippen LogP contribution in [0.15, 0.2) is 97.1 Å². The Morgan fingerprint density at radius 3 is 1.35 bits per heavy atom. The van der Waals surface area contributed by atoms with Gasteiger partial charge in [-0.05, 0) is 89.2 Å². The number of nitrogen functional groups attached to an aromatic ring is 2. The average molecular weight is 595 g/mol. The molecule has 0 aliphatic rings. The maximum atomic E-state index is 7.74. The van der Waals surface area contributed by atoms with Crippen LogP contribution in [0.5, 0.6) is 0 Å². The molecule has 4 rings (SSSR count). The van der Waals surface area contributed by atoms with Crippen molar-refractivity contribution >= 4 is 23.0 Å². The largest absolute Gasteiger partial charge is 0.399 e. The minimum Gasteiger partial charge on any atom is -0.399 e. The van der Waals surface area contributed by atoms with E-state index in [1.54, 1.807) is 0 Å². The van der Waals surface area contributed by atoms with Crippen LogP contribution >= 0.6 is 11.6 Å². The molecule has 0 fully saturated rings. The molecule has 0 saturated heterocycles. The van der Waals surface area contributed by atoms with E-state index >= 15 is 0 Å². The van der Waals surface area contributed by atoms with Gasteiger partial charge >= 0.3 is 0 Å². The summed E-state index contributed by atoms with van der Waals surface area (Å²) in [6, 6.07) is 34.3. The van der Waals surface area contributed by atoms with Crippen LogP contribution in [0, 0.1) is 5.92 Å². The first-order chi connectivity index (χ1) is 20.9. The zero-order chi connectivity index (χ0) is 30.5. The molecule has 3 heteroatoms. The lowest BCUT2D eigenvalue weighted by molar-refractivity contribution is 0.385. The Balaban J connectivity index is 1.50. The number of benzene rings is 4. The van der Waals surface area contributed by atoms with Crippen LogP contribution in [0.1, 0.15) is 111 Å². The summed E-state index contributed by atoms with van der Waals surface area (Å²) in [5.74, 6) is 0.707. The van der Waals surface area contributed by atoms with Crippen LogP contribution in [0.2, 0.25) is 0 Å². The fourth-order valence-electron chi connectivity index (χ4n) is 6.14. The molecule has 0 aliphatic heterocycles. The molecule has 0 amide bonds. The van der Waals surface area contributed by atoms with E-state index in [2.05, 4.69) is 86.6 Å². The predicted molar refractivity (Wildman–Crippen MR) is 188 cm³/mol. The first kappa shape index (κ1) is 32.7. The Morgan fingerprint density at radius 2 is 0.930 bits per heavy atom. The first-order valence-electron chi connectivity index (χ1n) is 16.5. The topological polar surface area (TPSA) is 52.0 Å². The number of anilines is 2. The van der Waals surface area contributed by atoms with Crippen molar-refractivity contribution in [2.24, 2.45) is 5.92 Å². The van der Waals surface area contributed by atoms with E-state index in [1.165, 1.54) is 84.7 Å². The quantitative estimate of drug-likeness (QED) is 0.0725. The third kappa shape index (κ3) is 9.90. The van der Waals surface area contributed by atoms with Crippen molar-refractivity contribution in [2.75, 3.05) is 11.5 Å². The van der Waals surface area contributed by atoms with Gasteiger partial charge in [0.25, 0.3) is 0 Å². The molecule has 1 atom stereocenters. The minimum atomic E-state index is -0.562.